The van der Waals surface area contributed by atoms with Gasteiger partial charge in [-0.05, 0) is 18.2 Å². The van der Waals surface area contributed by atoms with Gasteiger partial charge in [0.25, 0.3) is 5.91 Å². The lowest BCUT2D eigenvalue weighted by Crippen LogP contribution is -2.16. The molecule has 0 fully saturated rings. The molecule has 5 nitrogen and oxygen atoms in total. The average molecular weight is 279 g/mol. The monoisotopic (exact) mass is 279 g/mol. The van der Waals surface area contributed by atoms with Gasteiger partial charge in [-0.2, -0.15) is 0 Å². The van der Waals surface area contributed by atoms with E-state index in [1.165, 1.54) is 25.4 Å². The number of nitrogen functional groups attached to an aromatic ring is 1. The van der Waals surface area contributed by atoms with E-state index in [2.05, 4.69) is 10.3 Å². The number of carbonyl (C=O) groups is 1. The normalized spacial score (nSPS) is 10.2. The fourth-order valence-corrected chi connectivity index (χ4v) is 1.55. The van der Waals surface area contributed by atoms with Crippen LogP contribution in [-0.4, -0.2) is 18.0 Å². The van der Waals surface area contributed by atoms with Crippen molar-refractivity contribution in [1.29, 1.82) is 0 Å². The first-order chi connectivity index (χ1) is 9.52. The maximum absolute atomic E-state index is 13.6. The standard InChI is InChI=1S/C13H11F2N3O2/c1-20-7-2-3-9(14)10(6-7)18-13(19)8-4-5-17-12(16)11(8)15/h2-6H,1H3,(H2,16,17)(H,18,19). The number of halogens is 2. The van der Waals surface area contributed by atoms with Crippen molar-refractivity contribution < 1.29 is 18.3 Å². The Balaban J connectivity index is 2.30. The first-order valence-corrected chi connectivity index (χ1v) is 5.57. The summed E-state index contributed by atoms with van der Waals surface area (Å²) in [6.07, 6.45) is 1.19. The number of anilines is 2. The first-order valence-electron chi connectivity index (χ1n) is 5.57. The Morgan fingerprint density at radius 3 is 2.80 bits per heavy atom. The quantitative estimate of drug-likeness (QED) is 0.903. The molecule has 2 aromatic rings. The number of rotatable bonds is 3. The van der Waals surface area contributed by atoms with E-state index in [0.29, 0.717) is 5.75 Å². The van der Waals surface area contributed by atoms with Crippen LogP contribution in [0.4, 0.5) is 20.3 Å². The van der Waals surface area contributed by atoms with Gasteiger partial charge in [0.2, 0.25) is 0 Å². The second kappa shape index (κ2) is 5.52. The SMILES string of the molecule is COc1ccc(F)c(NC(=O)c2ccnc(N)c2F)c1. The molecule has 0 atom stereocenters. The number of nitrogens with two attached hydrogens (primary N) is 1. The van der Waals surface area contributed by atoms with Crippen molar-refractivity contribution in [3.05, 3.63) is 47.7 Å². The predicted molar refractivity (Wildman–Crippen MR) is 69.5 cm³/mol. The molecule has 0 aliphatic heterocycles. The third kappa shape index (κ3) is 2.66. The number of methoxy groups -OCH3 is 1. The third-order valence-corrected chi connectivity index (χ3v) is 2.58. The highest BCUT2D eigenvalue weighted by Gasteiger charge is 2.16. The van der Waals surface area contributed by atoms with Crippen LogP contribution in [-0.2, 0) is 0 Å². The molecule has 1 aromatic heterocycles. The Bertz CT molecular complexity index is 662. The largest absolute Gasteiger partial charge is 0.497 e. The number of amides is 1. The Hall–Kier alpha value is -2.70. The summed E-state index contributed by atoms with van der Waals surface area (Å²) >= 11 is 0. The molecule has 7 heteroatoms. The van der Waals surface area contributed by atoms with Gasteiger partial charge in [0.1, 0.15) is 11.6 Å². The molecule has 1 amide bonds. The number of ether oxygens (including phenoxy) is 1. The van der Waals surface area contributed by atoms with Crippen LogP contribution in [0.2, 0.25) is 0 Å². The van der Waals surface area contributed by atoms with E-state index >= 15 is 0 Å². The molecule has 0 aliphatic carbocycles. The summed E-state index contributed by atoms with van der Waals surface area (Å²) in [5, 5.41) is 2.25. The minimum Gasteiger partial charge on any atom is -0.497 e. The van der Waals surface area contributed by atoms with E-state index in [4.69, 9.17) is 10.5 Å². The van der Waals surface area contributed by atoms with Crippen LogP contribution in [0.25, 0.3) is 0 Å². The van der Waals surface area contributed by atoms with E-state index < -0.39 is 23.4 Å². The molecule has 1 heterocycles. The number of hydrogen-bond donors (Lipinski definition) is 2. The predicted octanol–water partition coefficient (Wildman–Crippen LogP) is 2.20. The Morgan fingerprint density at radius 1 is 1.35 bits per heavy atom. The van der Waals surface area contributed by atoms with Crippen LogP contribution in [0.15, 0.2) is 30.5 Å². The van der Waals surface area contributed by atoms with Gasteiger partial charge in [-0.1, -0.05) is 0 Å². The minimum absolute atomic E-state index is 0.121. The smallest absolute Gasteiger partial charge is 0.258 e. The molecule has 2 rings (SSSR count). The topological polar surface area (TPSA) is 77.2 Å². The molecule has 3 N–H and O–H groups in total. The lowest BCUT2D eigenvalue weighted by Gasteiger charge is -2.09. The lowest BCUT2D eigenvalue weighted by molar-refractivity contribution is 0.102. The van der Waals surface area contributed by atoms with Gasteiger partial charge >= 0.3 is 0 Å². The highest BCUT2D eigenvalue weighted by atomic mass is 19.1. The molecule has 1 aromatic carbocycles. The fraction of sp³-hybridized carbons (Fsp3) is 0.0769. The summed E-state index contributed by atoms with van der Waals surface area (Å²) in [6, 6.07) is 4.97. The van der Waals surface area contributed by atoms with Gasteiger partial charge in [-0.15, -0.1) is 0 Å². The number of pyridine rings is 1. The van der Waals surface area contributed by atoms with E-state index in [-0.39, 0.29) is 11.3 Å². The molecular formula is C13H11F2N3O2. The maximum Gasteiger partial charge on any atom is 0.258 e. The van der Waals surface area contributed by atoms with Crippen LogP contribution in [0.3, 0.4) is 0 Å². The van der Waals surface area contributed by atoms with Gasteiger partial charge in [-0.25, -0.2) is 13.8 Å². The van der Waals surface area contributed by atoms with Crippen molar-refractivity contribution in [3.8, 4) is 5.75 Å². The summed E-state index contributed by atoms with van der Waals surface area (Å²) in [4.78, 5) is 15.4. The number of nitrogens with zero attached hydrogens (tertiary/aromatic N) is 1. The molecular weight excluding hydrogens is 268 g/mol. The van der Waals surface area contributed by atoms with E-state index in [9.17, 15) is 13.6 Å². The Morgan fingerprint density at radius 2 is 2.10 bits per heavy atom. The van der Waals surface area contributed by atoms with E-state index in [1.807, 2.05) is 0 Å². The van der Waals surface area contributed by atoms with Crippen molar-refractivity contribution in [2.45, 2.75) is 0 Å². The molecule has 0 saturated heterocycles. The van der Waals surface area contributed by atoms with Crippen molar-refractivity contribution in [1.82, 2.24) is 4.98 Å². The summed E-state index contributed by atoms with van der Waals surface area (Å²) in [7, 11) is 1.40. The van der Waals surface area contributed by atoms with Gasteiger partial charge in [0.05, 0.1) is 18.4 Å². The number of aromatic nitrogens is 1. The van der Waals surface area contributed by atoms with Crippen LogP contribution < -0.4 is 15.8 Å². The molecule has 0 radical (unpaired) electrons. The minimum atomic E-state index is -0.951. The molecule has 0 aliphatic rings. The number of nitrogens with one attached hydrogen (secondary N) is 1. The van der Waals surface area contributed by atoms with Crippen LogP contribution in [0.5, 0.6) is 5.75 Å². The Labute approximate surface area is 113 Å². The first kappa shape index (κ1) is 13.7. The number of benzene rings is 1. The molecule has 0 unspecified atom stereocenters. The average Bonchev–Trinajstić information content (AvgIpc) is 2.44. The molecule has 0 saturated carbocycles. The summed E-state index contributed by atoms with van der Waals surface area (Å²) in [6.45, 7) is 0. The third-order valence-electron chi connectivity index (χ3n) is 2.58. The zero-order valence-electron chi connectivity index (χ0n) is 10.5. The molecule has 104 valence electrons. The maximum atomic E-state index is 13.6. The van der Waals surface area contributed by atoms with Crippen molar-refractivity contribution >= 4 is 17.4 Å². The van der Waals surface area contributed by atoms with Crippen molar-refractivity contribution in [3.63, 3.8) is 0 Å². The number of hydrogen-bond acceptors (Lipinski definition) is 4. The highest BCUT2D eigenvalue weighted by Crippen LogP contribution is 2.22. The molecule has 20 heavy (non-hydrogen) atoms. The second-order valence-electron chi connectivity index (χ2n) is 3.86. The van der Waals surface area contributed by atoms with Crippen LogP contribution >= 0.6 is 0 Å². The van der Waals surface area contributed by atoms with Crippen LogP contribution in [0.1, 0.15) is 10.4 Å². The highest BCUT2D eigenvalue weighted by molar-refractivity contribution is 6.05. The van der Waals surface area contributed by atoms with Gasteiger partial charge in [0, 0.05) is 12.3 Å². The van der Waals surface area contributed by atoms with Crippen LogP contribution in [0, 0.1) is 11.6 Å². The van der Waals surface area contributed by atoms with Crippen molar-refractivity contribution in [2.24, 2.45) is 0 Å². The lowest BCUT2D eigenvalue weighted by atomic mass is 10.2. The van der Waals surface area contributed by atoms with Crippen molar-refractivity contribution in [2.75, 3.05) is 18.2 Å². The zero-order valence-corrected chi connectivity index (χ0v) is 10.5. The van der Waals surface area contributed by atoms with E-state index in [0.717, 1.165) is 12.1 Å². The number of carbonyl (C=O) groups excluding carboxylic acids is 1. The van der Waals surface area contributed by atoms with E-state index in [1.54, 1.807) is 0 Å². The summed E-state index contributed by atoms with van der Waals surface area (Å²) in [5.74, 6) is -2.49. The molecule has 0 bridgehead atoms. The summed E-state index contributed by atoms with van der Waals surface area (Å²) in [5.41, 5.74) is 4.83. The Kier molecular flexibility index (Phi) is 3.79. The van der Waals surface area contributed by atoms with Gasteiger partial charge in [0.15, 0.2) is 11.6 Å². The van der Waals surface area contributed by atoms with Gasteiger partial charge < -0.3 is 15.8 Å². The zero-order chi connectivity index (χ0) is 14.7. The second-order valence-corrected chi connectivity index (χ2v) is 3.86. The van der Waals surface area contributed by atoms with Gasteiger partial charge in [-0.3, -0.25) is 4.79 Å². The molecule has 0 spiro atoms. The fourth-order valence-electron chi connectivity index (χ4n) is 1.55. The summed E-state index contributed by atoms with van der Waals surface area (Å²) < 4.78 is 32.1.